The number of halogens is 1. The van der Waals surface area contributed by atoms with E-state index < -0.39 is 0 Å². The highest BCUT2D eigenvalue weighted by Crippen LogP contribution is 2.21. The molecule has 2 aromatic carbocycles. The number of amides is 1. The molecule has 1 amide bonds. The van der Waals surface area contributed by atoms with Gasteiger partial charge in [0.2, 0.25) is 5.91 Å². The van der Waals surface area contributed by atoms with Crippen molar-refractivity contribution in [3.05, 3.63) is 80.4 Å². The lowest BCUT2D eigenvalue weighted by Gasteiger charge is -2.27. The Labute approximate surface area is 173 Å². The van der Waals surface area contributed by atoms with Gasteiger partial charge in [0.05, 0.1) is 17.3 Å². The Morgan fingerprint density at radius 2 is 1.79 bits per heavy atom. The van der Waals surface area contributed by atoms with E-state index in [-0.39, 0.29) is 48.4 Å². The highest BCUT2D eigenvalue weighted by atomic mass is 35.5. The van der Waals surface area contributed by atoms with E-state index in [9.17, 15) is 14.4 Å². The van der Waals surface area contributed by atoms with Crippen LogP contribution < -0.4 is 21.8 Å². The van der Waals surface area contributed by atoms with Crippen LogP contribution in [0, 0.1) is 0 Å². The van der Waals surface area contributed by atoms with E-state index in [1.54, 1.807) is 24.3 Å². The molecule has 1 unspecified atom stereocenters. The number of carbonyl (C=O) groups excluding carboxylic acids is 1. The molecule has 4 rings (SSSR count). The molecule has 0 fully saturated rings. The van der Waals surface area contributed by atoms with Gasteiger partial charge in [-0.2, -0.15) is 0 Å². The molecule has 7 nitrogen and oxygen atoms in total. The minimum Gasteiger partial charge on any atom is -0.354 e. The van der Waals surface area contributed by atoms with Gasteiger partial charge in [0, 0.05) is 19.0 Å². The van der Waals surface area contributed by atoms with Crippen LogP contribution in [0.25, 0.3) is 10.8 Å². The van der Waals surface area contributed by atoms with Crippen molar-refractivity contribution in [3.8, 4) is 0 Å². The van der Waals surface area contributed by atoms with Crippen molar-refractivity contribution in [2.75, 3.05) is 13.1 Å². The average molecular weight is 415 g/mol. The second-order valence-electron chi connectivity index (χ2n) is 6.95. The molecule has 152 valence electrons. The number of aromatic nitrogens is 2. The van der Waals surface area contributed by atoms with Crippen molar-refractivity contribution in [1.82, 2.24) is 20.4 Å². The number of rotatable bonds is 5. The highest BCUT2D eigenvalue weighted by molar-refractivity contribution is 5.85. The third kappa shape index (κ3) is 4.41. The van der Waals surface area contributed by atoms with Gasteiger partial charge in [-0.25, -0.2) is 4.68 Å². The van der Waals surface area contributed by atoms with Crippen LogP contribution in [-0.4, -0.2) is 28.8 Å². The number of aryl methyl sites for hydroxylation is 1. The molecule has 0 bridgehead atoms. The lowest BCUT2D eigenvalue weighted by molar-refractivity contribution is -0.121. The van der Waals surface area contributed by atoms with Gasteiger partial charge < -0.3 is 10.6 Å². The Balaban J connectivity index is 0.00000240. The van der Waals surface area contributed by atoms with E-state index in [2.05, 4.69) is 27.9 Å². The van der Waals surface area contributed by atoms with Gasteiger partial charge in [-0.05, 0) is 36.2 Å². The quantitative estimate of drug-likeness (QED) is 0.589. The van der Waals surface area contributed by atoms with Crippen molar-refractivity contribution in [3.63, 3.8) is 0 Å². The molecule has 0 spiro atoms. The first-order valence-electron chi connectivity index (χ1n) is 9.43. The zero-order valence-corrected chi connectivity index (χ0v) is 16.6. The van der Waals surface area contributed by atoms with Gasteiger partial charge in [-0.15, -0.1) is 12.4 Å². The first kappa shape index (κ1) is 20.8. The minimum atomic E-state index is -0.335. The number of aromatic amines is 1. The Hall–Kier alpha value is -2.90. The average Bonchev–Trinajstić information content (AvgIpc) is 2.73. The third-order valence-corrected chi connectivity index (χ3v) is 5.17. The number of carbonyl (C=O) groups is 1. The van der Waals surface area contributed by atoms with Crippen LogP contribution in [0.3, 0.4) is 0 Å². The maximum Gasteiger partial charge on any atom is 0.273 e. The van der Waals surface area contributed by atoms with Crippen LogP contribution >= 0.6 is 12.4 Å². The predicted molar refractivity (Wildman–Crippen MR) is 115 cm³/mol. The molecular weight excluding hydrogens is 392 g/mol. The fraction of sp³-hybridized carbons (Fsp3) is 0.286. The number of hydrogen-bond donors (Lipinski definition) is 3. The first-order chi connectivity index (χ1) is 13.6. The molecule has 2 heterocycles. The highest BCUT2D eigenvalue weighted by Gasteiger charge is 2.19. The lowest BCUT2D eigenvalue weighted by atomic mass is 9.94. The van der Waals surface area contributed by atoms with Gasteiger partial charge in [-0.3, -0.25) is 19.5 Å². The Morgan fingerprint density at radius 3 is 2.62 bits per heavy atom. The molecule has 29 heavy (non-hydrogen) atoms. The van der Waals surface area contributed by atoms with Gasteiger partial charge >= 0.3 is 0 Å². The summed E-state index contributed by atoms with van der Waals surface area (Å²) in [6.45, 7) is 1.49. The maximum atomic E-state index is 12.5. The predicted octanol–water partition coefficient (Wildman–Crippen LogP) is 1.50. The molecular formula is C21H23ClN4O3. The van der Waals surface area contributed by atoms with Crippen molar-refractivity contribution < 1.29 is 4.79 Å². The number of H-pyrrole nitrogens is 1. The van der Waals surface area contributed by atoms with E-state index >= 15 is 0 Å². The SMILES string of the molecule is Cl.O=C(CCn1[nH]c(=O)c2ccccc2c1=O)NCC1NCCc2ccccc21. The summed E-state index contributed by atoms with van der Waals surface area (Å²) in [5.41, 5.74) is 1.88. The third-order valence-electron chi connectivity index (χ3n) is 5.17. The van der Waals surface area contributed by atoms with Crippen LogP contribution in [0.1, 0.15) is 23.6 Å². The summed E-state index contributed by atoms with van der Waals surface area (Å²) < 4.78 is 1.21. The molecule has 0 aliphatic carbocycles. The molecule has 0 saturated heterocycles. The smallest absolute Gasteiger partial charge is 0.273 e. The Kier molecular flexibility index (Phi) is 6.51. The molecule has 0 saturated carbocycles. The zero-order valence-electron chi connectivity index (χ0n) is 15.8. The van der Waals surface area contributed by atoms with Crippen LogP contribution in [0.15, 0.2) is 58.1 Å². The normalized spacial score (nSPS) is 15.4. The summed E-state index contributed by atoms with van der Waals surface area (Å²) in [4.78, 5) is 36.9. The fourth-order valence-corrected chi connectivity index (χ4v) is 3.70. The van der Waals surface area contributed by atoms with E-state index in [0.717, 1.165) is 13.0 Å². The monoisotopic (exact) mass is 414 g/mol. The number of nitrogens with one attached hydrogen (secondary N) is 3. The van der Waals surface area contributed by atoms with E-state index in [1.165, 1.54) is 15.8 Å². The standard InChI is InChI=1S/C21H22N4O3.ClH/c26-19(23-13-18-15-6-2-1-5-14(15)9-11-22-18)10-12-25-21(28)17-8-4-3-7-16(17)20(27)24-25;/h1-8,18,22H,9-13H2,(H,23,26)(H,24,27);1H. The topological polar surface area (TPSA) is 96.0 Å². The summed E-state index contributed by atoms with van der Waals surface area (Å²) in [6.07, 6.45) is 1.10. The Morgan fingerprint density at radius 1 is 1.07 bits per heavy atom. The fourth-order valence-electron chi connectivity index (χ4n) is 3.70. The van der Waals surface area contributed by atoms with Crippen LogP contribution in [-0.2, 0) is 17.8 Å². The summed E-state index contributed by atoms with van der Waals surface area (Å²) in [5, 5.41) is 9.61. The van der Waals surface area contributed by atoms with Crippen molar-refractivity contribution in [2.45, 2.75) is 25.4 Å². The van der Waals surface area contributed by atoms with Gasteiger partial charge in [0.15, 0.2) is 0 Å². The minimum absolute atomic E-state index is 0. The van der Waals surface area contributed by atoms with Gasteiger partial charge in [0.25, 0.3) is 11.1 Å². The second kappa shape index (κ2) is 9.07. The van der Waals surface area contributed by atoms with Crippen molar-refractivity contribution >= 4 is 29.1 Å². The van der Waals surface area contributed by atoms with E-state index in [1.807, 2.05) is 12.1 Å². The summed E-state index contributed by atoms with van der Waals surface area (Å²) in [7, 11) is 0. The van der Waals surface area contributed by atoms with Crippen molar-refractivity contribution in [2.24, 2.45) is 0 Å². The molecule has 1 aromatic heterocycles. The molecule has 1 aliphatic rings. The van der Waals surface area contributed by atoms with E-state index in [0.29, 0.717) is 17.3 Å². The molecule has 1 aliphatic heterocycles. The van der Waals surface area contributed by atoms with Gasteiger partial charge in [-0.1, -0.05) is 36.4 Å². The molecule has 0 radical (unpaired) electrons. The summed E-state index contributed by atoms with van der Waals surface area (Å²) in [5.74, 6) is -0.161. The zero-order chi connectivity index (χ0) is 19.5. The first-order valence-corrected chi connectivity index (χ1v) is 9.43. The number of nitrogens with zero attached hydrogens (tertiary/aromatic N) is 1. The molecule has 1 atom stereocenters. The maximum absolute atomic E-state index is 12.5. The second-order valence-corrected chi connectivity index (χ2v) is 6.95. The van der Waals surface area contributed by atoms with E-state index in [4.69, 9.17) is 0 Å². The summed E-state index contributed by atoms with van der Waals surface area (Å²) >= 11 is 0. The molecule has 8 heteroatoms. The summed E-state index contributed by atoms with van der Waals surface area (Å²) in [6, 6.07) is 15.0. The molecule has 3 aromatic rings. The number of hydrogen-bond acceptors (Lipinski definition) is 4. The lowest BCUT2D eigenvalue weighted by Crippen LogP contribution is -2.39. The number of fused-ring (bicyclic) bond motifs is 2. The van der Waals surface area contributed by atoms with Crippen molar-refractivity contribution in [1.29, 1.82) is 0 Å². The largest absolute Gasteiger partial charge is 0.354 e. The van der Waals surface area contributed by atoms with Gasteiger partial charge in [0.1, 0.15) is 0 Å². The van der Waals surface area contributed by atoms with Crippen LogP contribution in [0.5, 0.6) is 0 Å². The van der Waals surface area contributed by atoms with Crippen LogP contribution in [0.2, 0.25) is 0 Å². The Bertz CT molecular complexity index is 1140. The number of benzene rings is 2. The molecule has 3 N–H and O–H groups in total. The van der Waals surface area contributed by atoms with Crippen LogP contribution in [0.4, 0.5) is 0 Å².